The molecular weight excluding hydrogens is 392 g/mol. The van der Waals surface area contributed by atoms with Crippen molar-refractivity contribution >= 4 is 34.2 Å². The van der Waals surface area contributed by atoms with Gasteiger partial charge in [0.15, 0.2) is 16.8 Å². The Morgan fingerprint density at radius 3 is 2.69 bits per heavy atom. The predicted molar refractivity (Wildman–Crippen MR) is 112 cm³/mol. The maximum atomic E-state index is 11.5. The number of carbonyl (C=O) groups excluding carboxylic acids is 1. The van der Waals surface area contributed by atoms with Crippen molar-refractivity contribution in [1.29, 1.82) is 0 Å². The molecule has 10 nitrogen and oxygen atoms in total. The summed E-state index contributed by atoms with van der Waals surface area (Å²) >= 11 is 1.41. The molecule has 2 aliphatic rings. The lowest BCUT2D eigenvalue weighted by molar-refractivity contribution is -0.109. The second kappa shape index (κ2) is 7.45. The minimum atomic E-state index is -0.212. The lowest BCUT2D eigenvalue weighted by Crippen LogP contribution is -2.36. The highest BCUT2D eigenvalue weighted by atomic mass is 32.2. The van der Waals surface area contributed by atoms with Crippen molar-refractivity contribution in [3.05, 3.63) is 17.2 Å². The van der Waals surface area contributed by atoms with Gasteiger partial charge in [0.25, 0.3) is 0 Å². The number of aryl methyl sites for hydroxylation is 1. The molecule has 2 N–H and O–H groups in total. The molecule has 29 heavy (non-hydrogen) atoms. The summed E-state index contributed by atoms with van der Waals surface area (Å²) in [5.74, 6) is 2.39. The van der Waals surface area contributed by atoms with Crippen LogP contribution in [0.5, 0.6) is 0 Å². The lowest BCUT2D eigenvalue weighted by Gasteiger charge is -2.24. The first kappa shape index (κ1) is 19.9. The minimum absolute atomic E-state index is 0.155. The smallest absolute Gasteiger partial charge is 0.186 e. The quantitative estimate of drug-likeness (QED) is 0.761. The number of anilines is 3. The van der Waals surface area contributed by atoms with Gasteiger partial charge in [0.2, 0.25) is 0 Å². The summed E-state index contributed by atoms with van der Waals surface area (Å²) in [4.78, 5) is 23.5. The summed E-state index contributed by atoms with van der Waals surface area (Å²) in [7, 11) is 0. The highest BCUT2D eigenvalue weighted by Crippen LogP contribution is 2.40. The van der Waals surface area contributed by atoms with Gasteiger partial charge in [-0.15, -0.1) is 5.53 Å². The van der Waals surface area contributed by atoms with Gasteiger partial charge in [-0.25, -0.2) is 14.6 Å². The molecule has 4 heterocycles. The zero-order valence-electron chi connectivity index (χ0n) is 17.3. The Hall–Kier alpha value is -2.40. The lowest BCUT2D eigenvalue weighted by atomic mass is 9.95. The fourth-order valence-corrected chi connectivity index (χ4v) is 4.34. The number of fused-ring (bicyclic) bond motifs is 1. The van der Waals surface area contributed by atoms with E-state index in [1.54, 1.807) is 6.92 Å². The van der Waals surface area contributed by atoms with E-state index in [0.29, 0.717) is 6.54 Å². The van der Waals surface area contributed by atoms with Gasteiger partial charge in [-0.1, -0.05) is 42.8 Å². The van der Waals surface area contributed by atoms with Crippen LogP contribution in [-0.4, -0.2) is 43.7 Å². The molecule has 0 unspecified atom stereocenters. The highest BCUT2D eigenvalue weighted by molar-refractivity contribution is 8.14. The maximum Gasteiger partial charge on any atom is 0.186 e. The molecule has 0 radical (unpaired) electrons. The molecule has 1 fully saturated rings. The topological polar surface area (TPSA) is 112 Å². The fourth-order valence-electron chi connectivity index (χ4n) is 3.39. The summed E-state index contributed by atoms with van der Waals surface area (Å²) in [5.41, 5.74) is 8.48. The van der Waals surface area contributed by atoms with Gasteiger partial charge in [0.1, 0.15) is 22.9 Å². The van der Waals surface area contributed by atoms with Crippen LogP contribution in [0.1, 0.15) is 51.3 Å². The van der Waals surface area contributed by atoms with Gasteiger partial charge in [-0.2, -0.15) is 0 Å². The van der Waals surface area contributed by atoms with Crippen molar-refractivity contribution in [3.63, 3.8) is 0 Å². The van der Waals surface area contributed by atoms with E-state index in [1.807, 2.05) is 11.9 Å². The third-order valence-corrected chi connectivity index (χ3v) is 5.99. The highest BCUT2D eigenvalue weighted by Gasteiger charge is 2.34. The van der Waals surface area contributed by atoms with Crippen LogP contribution in [0.4, 0.5) is 17.3 Å². The Morgan fingerprint density at radius 2 is 2.03 bits per heavy atom. The number of hydrogen-bond acceptors (Lipinski definition) is 11. The molecule has 11 heteroatoms. The normalized spacial score (nSPS) is 18.9. The van der Waals surface area contributed by atoms with Gasteiger partial charge in [-0.05, 0) is 13.3 Å². The van der Waals surface area contributed by atoms with Crippen molar-refractivity contribution in [2.45, 2.75) is 58.2 Å². The number of hydrazine groups is 2. The van der Waals surface area contributed by atoms with Gasteiger partial charge >= 0.3 is 0 Å². The molecular formula is C18H26N8O2S. The predicted octanol–water partition coefficient (Wildman–Crippen LogP) is 2.18. The molecule has 2 aromatic heterocycles. The van der Waals surface area contributed by atoms with E-state index >= 15 is 0 Å². The van der Waals surface area contributed by atoms with E-state index < -0.39 is 0 Å². The van der Waals surface area contributed by atoms with E-state index in [4.69, 9.17) is 14.6 Å². The fraction of sp³-hybridized carbons (Fsp3) is 0.611. The third-order valence-electron chi connectivity index (χ3n) is 4.94. The Morgan fingerprint density at radius 1 is 1.28 bits per heavy atom. The van der Waals surface area contributed by atoms with Gasteiger partial charge < -0.3 is 4.90 Å². The molecule has 0 bridgehead atoms. The third kappa shape index (κ3) is 4.01. The molecule has 2 aromatic rings. The van der Waals surface area contributed by atoms with E-state index in [1.165, 1.54) is 11.8 Å². The molecule has 0 saturated carbocycles. The number of nitrogens with zero attached hydrogens (tertiary/aromatic N) is 6. The zero-order chi connectivity index (χ0) is 20.8. The van der Waals surface area contributed by atoms with Crippen LogP contribution < -0.4 is 20.9 Å². The SMILES string of the molecule is CC(=O)S[C@H]1CCN(c2nc(C(C)(C)C)nc3c2NNN3Cc2nonc2C)C1. The molecule has 0 aromatic carbocycles. The molecule has 4 rings (SSSR count). The number of hydrogen-bond donors (Lipinski definition) is 2. The number of thioether (sulfide) groups is 1. The summed E-state index contributed by atoms with van der Waals surface area (Å²) in [6.45, 7) is 11.9. The molecule has 0 aliphatic carbocycles. The molecule has 0 amide bonds. The first-order valence-corrected chi connectivity index (χ1v) is 10.5. The minimum Gasteiger partial charge on any atom is -0.354 e. The van der Waals surface area contributed by atoms with Crippen molar-refractivity contribution in [1.82, 2.24) is 25.8 Å². The first-order valence-electron chi connectivity index (χ1n) is 9.64. The van der Waals surface area contributed by atoms with Gasteiger partial charge in [-0.3, -0.25) is 15.2 Å². The summed E-state index contributed by atoms with van der Waals surface area (Å²) in [6, 6.07) is 0. The standard InChI is InChI=1S/C18H26N8O2S/c1-10-13(23-28-22-10)9-26-16-14(21-24-26)15(19-17(20-16)18(3,4)5)25-7-6-12(8-25)29-11(2)27/h12,21,24H,6-9H2,1-5H3/t12-/m0/s1. The second-order valence-electron chi connectivity index (χ2n) is 8.40. The molecule has 2 aliphatic heterocycles. The molecule has 1 atom stereocenters. The zero-order valence-corrected chi connectivity index (χ0v) is 18.1. The van der Waals surface area contributed by atoms with Gasteiger partial charge in [0.05, 0.1) is 6.54 Å². The Bertz CT molecular complexity index is 925. The van der Waals surface area contributed by atoms with Crippen molar-refractivity contribution in [2.75, 3.05) is 28.4 Å². The largest absolute Gasteiger partial charge is 0.354 e. The van der Waals surface area contributed by atoms with Crippen molar-refractivity contribution in [2.24, 2.45) is 0 Å². The molecule has 0 spiro atoms. The maximum absolute atomic E-state index is 11.5. The van der Waals surface area contributed by atoms with Crippen LogP contribution in [0.25, 0.3) is 0 Å². The Labute approximate surface area is 173 Å². The van der Waals surface area contributed by atoms with Crippen molar-refractivity contribution < 1.29 is 9.42 Å². The first-order chi connectivity index (χ1) is 13.7. The van der Waals surface area contributed by atoms with Crippen LogP contribution in [0.2, 0.25) is 0 Å². The molecule has 1 saturated heterocycles. The second-order valence-corrected chi connectivity index (χ2v) is 9.88. The van der Waals surface area contributed by atoms with E-state index in [-0.39, 0.29) is 15.8 Å². The monoisotopic (exact) mass is 418 g/mol. The molecule has 156 valence electrons. The van der Waals surface area contributed by atoms with E-state index in [0.717, 1.165) is 54.0 Å². The van der Waals surface area contributed by atoms with Crippen LogP contribution in [0, 0.1) is 6.92 Å². The summed E-state index contributed by atoms with van der Waals surface area (Å²) in [6.07, 6.45) is 0.953. The Balaban J connectivity index is 1.68. The number of nitrogens with one attached hydrogen (secondary N) is 2. The van der Waals surface area contributed by atoms with E-state index in [9.17, 15) is 4.79 Å². The van der Waals surface area contributed by atoms with Crippen LogP contribution in [0.15, 0.2) is 4.63 Å². The average molecular weight is 419 g/mol. The van der Waals surface area contributed by atoms with Crippen molar-refractivity contribution in [3.8, 4) is 0 Å². The number of rotatable bonds is 4. The summed E-state index contributed by atoms with van der Waals surface area (Å²) < 4.78 is 4.82. The number of carbonyl (C=O) groups is 1. The Kier molecular flexibility index (Phi) is 5.11. The number of aromatic nitrogens is 4. The van der Waals surface area contributed by atoms with Gasteiger partial charge in [0, 0.05) is 30.7 Å². The van der Waals surface area contributed by atoms with E-state index in [2.05, 4.69) is 46.9 Å². The van der Waals surface area contributed by atoms with Crippen LogP contribution in [0.3, 0.4) is 0 Å². The summed E-state index contributed by atoms with van der Waals surface area (Å²) in [5, 5.41) is 10.2. The van der Waals surface area contributed by atoms with Crippen LogP contribution >= 0.6 is 11.8 Å². The van der Waals surface area contributed by atoms with Crippen LogP contribution in [-0.2, 0) is 16.8 Å². The average Bonchev–Trinajstić information content (AvgIpc) is 3.35.